The molecule has 0 saturated heterocycles. The first-order valence-corrected chi connectivity index (χ1v) is 12.2. The van der Waals surface area contributed by atoms with Crippen LogP contribution < -0.4 is 4.74 Å². The lowest BCUT2D eigenvalue weighted by molar-refractivity contribution is -0.143. The summed E-state index contributed by atoms with van der Waals surface area (Å²) in [7, 11) is 1.59. The maximum atomic E-state index is 12.3. The quantitative estimate of drug-likeness (QED) is 0.229. The zero-order chi connectivity index (χ0) is 25.7. The molecule has 0 aliphatic rings. The van der Waals surface area contributed by atoms with Crippen molar-refractivity contribution in [3.05, 3.63) is 77.0 Å². The molecule has 0 amide bonds. The van der Waals surface area contributed by atoms with Gasteiger partial charge in [-0.15, -0.1) is 5.73 Å². The molecule has 188 valence electrons. The van der Waals surface area contributed by atoms with Crippen molar-refractivity contribution in [2.75, 3.05) is 20.3 Å². The van der Waals surface area contributed by atoms with Gasteiger partial charge in [-0.05, 0) is 80.3 Å². The molecule has 0 unspecified atom stereocenters. The Morgan fingerprint density at radius 2 is 1.60 bits per heavy atom. The topological polar surface area (TPSA) is 61.8 Å². The number of ether oxygens (including phenoxy) is 3. The minimum atomic E-state index is -0.330. The van der Waals surface area contributed by atoms with Crippen molar-refractivity contribution < 1.29 is 23.8 Å². The van der Waals surface area contributed by atoms with Crippen LogP contribution in [0.2, 0.25) is 0 Å². The van der Waals surface area contributed by atoms with Crippen molar-refractivity contribution >= 4 is 17.5 Å². The average molecular weight is 479 g/mol. The number of hydrogen-bond acceptors (Lipinski definition) is 5. The van der Waals surface area contributed by atoms with Crippen LogP contribution in [0, 0.1) is 5.41 Å². The molecule has 0 heterocycles. The van der Waals surface area contributed by atoms with E-state index in [0.717, 1.165) is 36.0 Å². The number of carbonyl (C=O) groups excluding carboxylic acids is 2. The van der Waals surface area contributed by atoms with Gasteiger partial charge in [0.1, 0.15) is 5.75 Å². The fourth-order valence-corrected chi connectivity index (χ4v) is 3.90. The third-order valence-electron chi connectivity index (χ3n) is 5.68. The third-order valence-corrected chi connectivity index (χ3v) is 5.68. The molecule has 2 aromatic rings. The normalized spacial score (nSPS) is 10.8. The molecule has 35 heavy (non-hydrogen) atoms. The van der Waals surface area contributed by atoms with Gasteiger partial charge in [-0.1, -0.05) is 44.2 Å². The summed E-state index contributed by atoms with van der Waals surface area (Å²) in [4.78, 5) is 24.1. The summed E-state index contributed by atoms with van der Waals surface area (Å²) < 4.78 is 15.7. The zero-order valence-electron chi connectivity index (χ0n) is 21.7. The first-order chi connectivity index (χ1) is 16.7. The van der Waals surface area contributed by atoms with E-state index in [1.807, 2.05) is 25.1 Å². The molecule has 0 fully saturated rings. The number of esters is 2. The second-order valence-electron chi connectivity index (χ2n) is 9.36. The fourth-order valence-electron chi connectivity index (χ4n) is 3.90. The molecule has 5 nitrogen and oxygen atoms in total. The minimum absolute atomic E-state index is 0.0655. The summed E-state index contributed by atoms with van der Waals surface area (Å²) in [6.45, 7) is 8.99. The van der Waals surface area contributed by atoms with Gasteiger partial charge in [-0.25, -0.2) is 4.79 Å². The monoisotopic (exact) mass is 478 g/mol. The number of allylic oxidation sites excluding steroid dienone is 1. The van der Waals surface area contributed by atoms with E-state index in [0.29, 0.717) is 37.4 Å². The molecule has 0 spiro atoms. The second-order valence-corrected chi connectivity index (χ2v) is 9.36. The summed E-state index contributed by atoms with van der Waals surface area (Å²) >= 11 is 0. The maximum Gasteiger partial charge on any atom is 0.338 e. The van der Waals surface area contributed by atoms with E-state index < -0.39 is 0 Å². The van der Waals surface area contributed by atoms with Crippen LogP contribution in [0.5, 0.6) is 5.75 Å². The molecule has 0 atom stereocenters. The predicted octanol–water partition coefficient (Wildman–Crippen LogP) is 7.02. The lowest BCUT2D eigenvalue weighted by atomic mass is 9.83. The number of carbonyl (C=O) groups is 2. The van der Waals surface area contributed by atoms with E-state index in [4.69, 9.17) is 14.2 Å². The number of hydrogen-bond donors (Lipinski definition) is 0. The molecule has 2 rings (SSSR count). The van der Waals surface area contributed by atoms with E-state index >= 15 is 0 Å². The van der Waals surface area contributed by atoms with Gasteiger partial charge in [0.2, 0.25) is 0 Å². The third kappa shape index (κ3) is 10.2. The highest BCUT2D eigenvalue weighted by Gasteiger charge is 2.20. The Hall–Kier alpha value is -3.30. The molecular formula is C30H38O5. The molecule has 0 radical (unpaired) electrons. The van der Waals surface area contributed by atoms with Gasteiger partial charge in [0.15, 0.2) is 0 Å². The van der Waals surface area contributed by atoms with E-state index in [1.54, 1.807) is 31.4 Å². The van der Waals surface area contributed by atoms with Crippen LogP contribution in [0.25, 0.3) is 5.57 Å². The van der Waals surface area contributed by atoms with Gasteiger partial charge in [-0.3, -0.25) is 4.79 Å². The molecule has 0 bridgehead atoms. The number of methoxy groups -OCH3 is 1. The molecule has 0 aliphatic heterocycles. The average Bonchev–Trinajstić information content (AvgIpc) is 2.83. The summed E-state index contributed by atoms with van der Waals surface area (Å²) in [5.41, 5.74) is 7.37. The van der Waals surface area contributed by atoms with Crippen LogP contribution in [0.3, 0.4) is 0 Å². The van der Waals surface area contributed by atoms with Crippen LogP contribution in [0.1, 0.15) is 75.7 Å². The molecule has 0 aromatic heterocycles. The van der Waals surface area contributed by atoms with Crippen molar-refractivity contribution in [1.29, 1.82) is 0 Å². The molecule has 0 N–H and O–H groups in total. The van der Waals surface area contributed by atoms with Crippen molar-refractivity contribution in [2.45, 2.75) is 59.8 Å². The highest BCUT2D eigenvalue weighted by molar-refractivity contribution is 5.89. The first kappa shape index (κ1) is 27.9. The summed E-state index contributed by atoms with van der Waals surface area (Å²) in [5, 5.41) is 0. The van der Waals surface area contributed by atoms with E-state index in [2.05, 4.69) is 38.6 Å². The lowest BCUT2D eigenvalue weighted by Crippen LogP contribution is -2.17. The van der Waals surface area contributed by atoms with Crippen molar-refractivity contribution in [1.82, 2.24) is 0 Å². The SMILES string of the molecule is CCOC(=O)CCCC(=C=C(C)CC(C)(C)CCOC(=O)c1ccc(OC)cc1)c1ccccc1. The van der Waals surface area contributed by atoms with Crippen molar-refractivity contribution in [3.63, 3.8) is 0 Å². The van der Waals surface area contributed by atoms with Gasteiger partial charge in [-0.2, -0.15) is 0 Å². The van der Waals surface area contributed by atoms with Crippen LogP contribution in [0.15, 0.2) is 65.9 Å². The summed E-state index contributed by atoms with van der Waals surface area (Å²) in [6, 6.07) is 17.1. The Morgan fingerprint density at radius 3 is 2.23 bits per heavy atom. The molecule has 0 aliphatic carbocycles. The maximum absolute atomic E-state index is 12.3. The standard InChI is InChI=1S/C30H38O5/c1-6-34-28(31)14-10-13-26(24-11-8-7-9-12-24)21-23(2)22-30(3,4)19-20-35-29(32)25-15-17-27(33-5)18-16-25/h7-9,11-12,15-18H,6,10,13-14,19-20,22H2,1-5H3. The summed E-state index contributed by atoms with van der Waals surface area (Å²) in [5.74, 6) is 0.211. The Labute approximate surface area is 209 Å². The Balaban J connectivity index is 2.00. The van der Waals surface area contributed by atoms with Crippen molar-refractivity contribution in [3.8, 4) is 5.75 Å². The van der Waals surface area contributed by atoms with Gasteiger partial charge in [0.25, 0.3) is 0 Å². The first-order valence-electron chi connectivity index (χ1n) is 12.2. The minimum Gasteiger partial charge on any atom is -0.497 e. The largest absolute Gasteiger partial charge is 0.497 e. The van der Waals surface area contributed by atoms with Gasteiger partial charge < -0.3 is 14.2 Å². The molecule has 2 aromatic carbocycles. The van der Waals surface area contributed by atoms with Crippen LogP contribution in [-0.2, 0) is 14.3 Å². The lowest BCUT2D eigenvalue weighted by Gasteiger charge is -2.24. The highest BCUT2D eigenvalue weighted by Crippen LogP contribution is 2.30. The fraction of sp³-hybridized carbons (Fsp3) is 0.433. The van der Waals surface area contributed by atoms with E-state index in [1.165, 1.54) is 0 Å². The number of benzene rings is 2. The predicted molar refractivity (Wildman–Crippen MR) is 139 cm³/mol. The van der Waals surface area contributed by atoms with E-state index in [-0.39, 0.29) is 17.4 Å². The summed E-state index contributed by atoms with van der Waals surface area (Å²) in [6.07, 6.45) is 3.42. The Kier molecular flexibility index (Phi) is 11.3. The van der Waals surface area contributed by atoms with Crippen molar-refractivity contribution in [2.24, 2.45) is 5.41 Å². The Bertz CT molecular complexity index is 1010. The molecule has 5 heteroatoms. The second kappa shape index (κ2) is 14.2. The Morgan fingerprint density at radius 1 is 0.914 bits per heavy atom. The van der Waals surface area contributed by atoms with Crippen LogP contribution in [-0.4, -0.2) is 32.3 Å². The van der Waals surface area contributed by atoms with E-state index in [9.17, 15) is 9.59 Å². The molecule has 0 saturated carbocycles. The van der Waals surface area contributed by atoms with Gasteiger partial charge in [0.05, 0.1) is 25.9 Å². The van der Waals surface area contributed by atoms with Crippen LogP contribution in [0.4, 0.5) is 0 Å². The van der Waals surface area contributed by atoms with Gasteiger partial charge in [0, 0.05) is 12.0 Å². The zero-order valence-corrected chi connectivity index (χ0v) is 21.7. The highest BCUT2D eigenvalue weighted by atomic mass is 16.5. The molecular weight excluding hydrogens is 440 g/mol. The smallest absolute Gasteiger partial charge is 0.338 e. The number of rotatable bonds is 13. The van der Waals surface area contributed by atoms with Gasteiger partial charge >= 0.3 is 11.9 Å². The van der Waals surface area contributed by atoms with Crippen LogP contribution >= 0.6 is 0 Å².